The number of aliphatic hydroxyl groups excluding tert-OH is 1. The van der Waals surface area contributed by atoms with Crippen LogP contribution in [0.15, 0.2) is 27.4 Å². The lowest BCUT2D eigenvalue weighted by atomic mass is 10.4. The van der Waals surface area contributed by atoms with E-state index in [0.717, 1.165) is 4.47 Å². The van der Waals surface area contributed by atoms with Gasteiger partial charge in [-0.15, -0.1) is 0 Å². The molecule has 0 saturated heterocycles. The Hall–Kier alpha value is -1.07. The summed E-state index contributed by atoms with van der Waals surface area (Å²) in [6.07, 6.45) is 3.14. The van der Waals surface area contributed by atoms with Crippen molar-refractivity contribution in [2.45, 2.75) is 6.61 Å². The first-order valence-electron chi connectivity index (χ1n) is 3.69. The molecule has 0 atom stereocenters. The molecule has 2 rings (SSSR count). The molecule has 13 heavy (non-hydrogen) atoms. The van der Waals surface area contributed by atoms with E-state index in [9.17, 15) is 0 Å². The Kier molecular flexibility index (Phi) is 2.20. The third-order valence-corrected chi connectivity index (χ3v) is 2.26. The molecule has 2 aromatic rings. The standard InChI is InChI=1S/C8H7BrN2O2/c9-6-1-2-13-7(6)8-10-3-5(4-12)11-8/h1-3,12H,4H2,(H,10,11). The van der Waals surface area contributed by atoms with Crippen molar-refractivity contribution in [3.63, 3.8) is 0 Å². The summed E-state index contributed by atoms with van der Waals surface area (Å²) in [5, 5.41) is 8.80. The number of furan rings is 1. The minimum Gasteiger partial charge on any atom is -0.460 e. The molecule has 0 aliphatic carbocycles. The minimum atomic E-state index is -0.0503. The van der Waals surface area contributed by atoms with Gasteiger partial charge in [0.25, 0.3) is 0 Å². The molecule has 0 spiro atoms. The van der Waals surface area contributed by atoms with Crippen molar-refractivity contribution in [2.24, 2.45) is 0 Å². The second-order valence-electron chi connectivity index (χ2n) is 2.51. The van der Waals surface area contributed by atoms with Gasteiger partial charge in [0.1, 0.15) is 0 Å². The van der Waals surface area contributed by atoms with Crippen molar-refractivity contribution < 1.29 is 9.52 Å². The maximum atomic E-state index is 8.80. The van der Waals surface area contributed by atoms with Gasteiger partial charge in [-0.25, -0.2) is 4.98 Å². The van der Waals surface area contributed by atoms with Gasteiger partial charge in [0.05, 0.1) is 29.2 Å². The van der Waals surface area contributed by atoms with E-state index in [0.29, 0.717) is 17.3 Å². The fourth-order valence-corrected chi connectivity index (χ4v) is 1.41. The predicted octanol–water partition coefficient (Wildman–Crippen LogP) is 1.92. The Morgan fingerprint density at radius 2 is 2.46 bits per heavy atom. The largest absolute Gasteiger partial charge is 0.460 e. The number of aromatic nitrogens is 2. The summed E-state index contributed by atoms with van der Waals surface area (Å²) in [5.74, 6) is 1.25. The molecule has 0 radical (unpaired) electrons. The molecular weight excluding hydrogens is 236 g/mol. The molecule has 0 aromatic carbocycles. The highest BCUT2D eigenvalue weighted by molar-refractivity contribution is 9.10. The fourth-order valence-electron chi connectivity index (χ4n) is 1.02. The maximum absolute atomic E-state index is 8.80. The lowest BCUT2D eigenvalue weighted by Gasteiger charge is -1.90. The Bertz CT molecular complexity index is 408. The van der Waals surface area contributed by atoms with Crippen LogP contribution < -0.4 is 0 Å². The number of aromatic amines is 1. The number of imidazole rings is 1. The number of halogens is 1. The molecule has 0 fully saturated rings. The first-order chi connectivity index (χ1) is 6.31. The number of hydrogen-bond acceptors (Lipinski definition) is 3. The average molecular weight is 243 g/mol. The van der Waals surface area contributed by atoms with Crippen LogP contribution in [0, 0.1) is 0 Å². The number of rotatable bonds is 2. The molecule has 2 heterocycles. The van der Waals surface area contributed by atoms with Gasteiger partial charge in [-0.1, -0.05) is 0 Å². The van der Waals surface area contributed by atoms with Gasteiger partial charge in [-0.2, -0.15) is 0 Å². The van der Waals surface area contributed by atoms with Crippen molar-refractivity contribution in [3.8, 4) is 11.6 Å². The van der Waals surface area contributed by atoms with Crippen LogP contribution in [-0.2, 0) is 6.61 Å². The Labute approximate surface area is 82.7 Å². The molecule has 5 heteroatoms. The molecule has 0 saturated carbocycles. The van der Waals surface area contributed by atoms with Gasteiger partial charge in [-0.05, 0) is 22.0 Å². The van der Waals surface area contributed by atoms with Crippen LogP contribution in [0.3, 0.4) is 0 Å². The zero-order chi connectivity index (χ0) is 9.26. The lowest BCUT2D eigenvalue weighted by molar-refractivity contribution is 0.277. The van der Waals surface area contributed by atoms with E-state index in [1.54, 1.807) is 18.5 Å². The van der Waals surface area contributed by atoms with Crippen molar-refractivity contribution in [1.82, 2.24) is 9.97 Å². The Morgan fingerprint density at radius 3 is 3.00 bits per heavy atom. The number of H-pyrrole nitrogens is 1. The third kappa shape index (κ3) is 1.52. The number of aliphatic hydroxyl groups is 1. The van der Waals surface area contributed by atoms with E-state index in [2.05, 4.69) is 25.9 Å². The summed E-state index contributed by atoms with van der Waals surface area (Å²) >= 11 is 3.32. The van der Waals surface area contributed by atoms with Crippen LogP contribution in [0.4, 0.5) is 0 Å². The van der Waals surface area contributed by atoms with Crippen molar-refractivity contribution >= 4 is 15.9 Å². The number of nitrogens with zero attached hydrogens (tertiary/aromatic N) is 1. The molecule has 4 nitrogen and oxygen atoms in total. The fraction of sp³-hybridized carbons (Fsp3) is 0.125. The molecule has 0 unspecified atom stereocenters. The van der Waals surface area contributed by atoms with Crippen LogP contribution in [0.1, 0.15) is 5.69 Å². The second kappa shape index (κ2) is 3.35. The molecule has 68 valence electrons. The topological polar surface area (TPSA) is 62.1 Å². The van der Waals surface area contributed by atoms with Crippen LogP contribution in [-0.4, -0.2) is 15.1 Å². The zero-order valence-electron chi connectivity index (χ0n) is 6.62. The summed E-state index contributed by atoms with van der Waals surface area (Å²) in [6, 6.07) is 1.79. The summed E-state index contributed by atoms with van der Waals surface area (Å²) in [7, 11) is 0. The van der Waals surface area contributed by atoms with E-state index in [1.807, 2.05) is 0 Å². The monoisotopic (exact) mass is 242 g/mol. The van der Waals surface area contributed by atoms with Gasteiger partial charge in [-0.3, -0.25) is 0 Å². The Morgan fingerprint density at radius 1 is 1.62 bits per heavy atom. The van der Waals surface area contributed by atoms with Crippen LogP contribution in [0.25, 0.3) is 11.6 Å². The minimum absolute atomic E-state index is 0.0503. The van der Waals surface area contributed by atoms with Gasteiger partial charge in [0.15, 0.2) is 11.6 Å². The Balaban J connectivity index is 2.41. The van der Waals surface area contributed by atoms with Crippen molar-refractivity contribution in [3.05, 3.63) is 28.7 Å². The third-order valence-electron chi connectivity index (χ3n) is 1.63. The highest BCUT2D eigenvalue weighted by atomic mass is 79.9. The van der Waals surface area contributed by atoms with E-state index >= 15 is 0 Å². The van der Waals surface area contributed by atoms with Crippen LogP contribution in [0.5, 0.6) is 0 Å². The van der Waals surface area contributed by atoms with Gasteiger partial charge in [0, 0.05) is 0 Å². The molecule has 0 bridgehead atoms. The smallest absolute Gasteiger partial charge is 0.183 e. The van der Waals surface area contributed by atoms with E-state index in [4.69, 9.17) is 9.52 Å². The SMILES string of the molecule is OCc1cnc(-c2occc2Br)[nH]1. The van der Waals surface area contributed by atoms with Crippen LogP contribution >= 0.6 is 15.9 Å². The number of hydrogen-bond donors (Lipinski definition) is 2. The normalized spacial score (nSPS) is 10.6. The van der Waals surface area contributed by atoms with Crippen molar-refractivity contribution in [2.75, 3.05) is 0 Å². The van der Waals surface area contributed by atoms with Gasteiger partial charge < -0.3 is 14.5 Å². The summed E-state index contributed by atoms with van der Waals surface area (Å²) in [6.45, 7) is -0.0503. The molecule has 2 aromatic heterocycles. The predicted molar refractivity (Wildman–Crippen MR) is 49.9 cm³/mol. The van der Waals surface area contributed by atoms with E-state index in [-0.39, 0.29) is 6.61 Å². The highest BCUT2D eigenvalue weighted by Crippen LogP contribution is 2.26. The molecule has 0 amide bonds. The first-order valence-corrected chi connectivity index (χ1v) is 4.48. The summed E-state index contributed by atoms with van der Waals surface area (Å²) < 4.78 is 6.03. The first kappa shape index (κ1) is 8.52. The average Bonchev–Trinajstić information content (AvgIpc) is 2.71. The van der Waals surface area contributed by atoms with Gasteiger partial charge in [0.2, 0.25) is 0 Å². The highest BCUT2D eigenvalue weighted by Gasteiger charge is 2.09. The number of nitrogens with one attached hydrogen (secondary N) is 1. The van der Waals surface area contributed by atoms with Crippen LogP contribution in [0.2, 0.25) is 0 Å². The summed E-state index contributed by atoms with van der Waals surface area (Å²) in [5.41, 5.74) is 0.665. The van der Waals surface area contributed by atoms with E-state index < -0.39 is 0 Å². The lowest BCUT2D eigenvalue weighted by Crippen LogP contribution is -1.82. The maximum Gasteiger partial charge on any atom is 0.183 e. The second-order valence-corrected chi connectivity index (χ2v) is 3.37. The van der Waals surface area contributed by atoms with Crippen molar-refractivity contribution in [1.29, 1.82) is 0 Å². The summed E-state index contributed by atoms with van der Waals surface area (Å²) in [4.78, 5) is 6.97. The molecule has 0 aliphatic rings. The van der Waals surface area contributed by atoms with Gasteiger partial charge >= 0.3 is 0 Å². The molecule has 0 aliphatic heterocycles. The quantitative estimate of drug-likeness (QED) is 0.846. The zero-order valence-corrected chi connectivity index (χ0v) is 8.21. The van der Waals surface area contributed by atoms with E-state index in [1.165, 1.54) is 0 Å². The molecule has 2 N–H and O–H groups in total. The molecular formula is C8H7BrN2O2.